The van der Waals surface area contributed by atoms with E-state index in [1.165, 1.54) is 17.8 Å². The maximum atomic E-state index is 12.1. The third-order valence-corrected chi connectivity index (χ3v) is 4.16. The van der Waals surface area contributed by atoms with Crippen LogP contribution in [0.25, 0.3) is 0 Å². The number of Topliss-reactive ketones (excluding diaryl/α,β-unsaturated/α-hetero) is 1. The Labute approximate surface area is 87.5 Å². The maximum Gasteiger partial charge on any atom is 0.168 e. The van der Waals surface area contributed by atoms with Gasteiger partial charge in [-0.25, -0.2) is 0 Å². The minimum absolute atomic E-state index is 0.277. The molecule has 1 aromatic rings. The molecule has 2 atom stereocenters. The number of carbonyl (C=O) groups excluding carboxylic acids is 1. The van der Waals surface area contributed by atoms with Crippen molar-refractivity contribution in [2.24, 2.45) is 5.92 Å². The van der Waals surface area contributed by atoms with Crippen molar-refractivity contribution in [1.29, 1.82) is 0 Å². The molecule has 2 unspecified atom stereocenters. The van der Waals surface area contributed by atoms with Gasteiger partial charge in [0.1, 0.15) is 0 Å². The van der Waals surface area contributed by atoms with Crippen molar-refractivity contribution < 1.29 is 4.79 Å². The Morgan fingerprint density at radius 3 is 3.36 bits per heavy atom. The normalized spacial score (nSPS) is 31.0. The van der Waals surface area contributed by atoms with Crippen molar-refractivity contribution >= 4 is 17.1 Å². The zero-order valence-electron chi connectivity index (χ0n) is 8.03. The number of piperidine rings is 1. The average molecular weight is 207 g/mol. The minimum Gasteiger partial charge on any atom is -0.298 e. The first kappa shape index (κ1) is 8.62. The fourth-order valence-corrected chi connectivity index (χ4v) is 3.44. The Bertz CT molecular complexity index is 371. The van der Waals surface area contributed by atoms with E-state index in [9.17, 15) is 4.79 Å². The summed E-state index contributed by atoms with van der Waals surface area (Å²) in [5.74, 6) is 0.669. The van der Waals surface area contributed by atoms with E-state index < -0.39 is 0 Å². The van der Waals surface area contributed by atoms with E-state index in [0.29, 0.717) is 5.78 Å². The van der Waals surface area contributed by atoms with Crippen LogP contribution in [0.1, 0.15) is 28.1 Å². The van der Waals surface area contributed by atoms with E-state index in [0.717, 1.165) is 25.1 Å². The summed E-state index contributed by atoms with van der Waals surface area (Å²) in [4.78, 5) is 15.8. The van der Waals surface area contributed by atoms with E-state index in [1.807, 2.05) is 11.4 Å². The van der Waals surface area contributed by atoms with Crippen LogP contribution in [0.15, 0.2) is 11.4 Å². The second kappa shape index (κ2) is 3.17. The molecule has 14 heavy (non-hydrogen) atoms. The summed E-state index contributed by atoms with van der Waals surface area (Å²) < 4.78 is 0. The van der Waals surface area contributed by atoms with Gasteiger partial charge in [0.25, 0.3) is 0 Å². The lowest BCUT2D eigenvalue weighted by Crippen LogP contribution is -2.35. The standard InChI is InChI=1S/C11H13NOS/c13-11-8-2-1-4-12(6-8)7-10-9(11)3-5-14-10/h3,5,8H,1-2,4,6-7H2. The summed E-state index contributed by atoms with van der Waals surface area (Å²) in [6, 6.07) is 2.00. The Morgan fingerprint density at radius 1 is 1.50 bits per heavy atom. The Hall–Kier alpha value is -0.670. The molecule has 1 fully saturated rings. The molecule has 3 heterocycles. The topological polar surface area (TPSA) is 20.3 Å². The van der Waals surface area contributed by atoms with Crippen LogP contribution < -0.4 is 0 Å². The first-order valence-electron chi connectivity index (χ1n) is 5.17. The number of hydrogen-bond donors (Lipinski definition) is 0. The fraction of sp³-hybridized carbons (Fsp3) is 0.545. The van der Waals surface area contributed by atoms with Crippen LogP contribution in [0.5, 0.6) is 0 Å². The summed E-state index contributed by atoms with van der Waals surface area (Å²) in [6.07, 6.45) is 2.27. The third kappa shape index (κ3) is 1.23. The predicted molar refractivity (Wildman–Crippen MR) is 56.7 cm³/mol. The van der Waals surface area contributed by atoms with Crippen LogP contribution in [0, 0.1) is 5.92 Å². The lowest BCUT2D eigenvalue weighted by Gasteiger charge is -2.28. The van der Waals surface area contributed by atoms with E-state index in [2.05, 4.69) is 4.90 Å². The second-order valence-electron chi connectivity index (χ2n) is 4.20. The minimum atomic E-state index is 0.277. The number of fused-ring (bicyclic) bond motifs is 3. The molecule has 0 N–H and O–H groups in total. The molecule has 0 aromatic carbocycles. The van der Waals surface area contributed by atoms with Crippen molar-refractivity contribution in [2.45, 2.75) is 19.4 Å². The molecule has 0 spiro atoms. The van der Waals surface area contributed by atoms with Crippen LogP contribution in [0.4, 0.5) is 0 Å². The summed E-state index contributed by atoms with van der Waals surface area (Å²) >= 11 is 1.73. The molecule has 0 amide bonds. The first-order valence-corrected chi connectivity index (χ1v) is 6.05. The predicted octanol–water partition coefficient (Wildman–Crippen LogP) is 2.16. The zero-order valence-corrected chi connectivity index (χ0v) is 8.85. The van der Waals surface area contributed by atoms with Crippen LogP contribution in [0.2, 0.25) is 0 Å². The highest BCUT2D eigenvalue weighted by atomic mass is 32.1. The number of carbonyl (C=O) groups is 1. The van der Waals surface area contributed by atoms with Gasteiger partial charge in [-0.1, -0.05) is 0 Å². The van der Waals surface area contributed by atoms with Gasteiger partial charge < -0.3 is 0 Å². The van der Waals surface area contributed by atoms with Gasteiger partial charge in [0.2, 0.25) is 0 Å². The van der Waals surface area contributed by atoms with Crippen LogP contribution in [-0.4, -0.2) is 23.8 Å². The van der Waals surface area contributed by atoms with Gasteiger partial charge in [0.05, 0.1) is 0 Å². The highest BCUT2D eigenvalue weighted by molar-refractivity contribution is 7.10. The Morgan fingerprint density at radius 2 is 2.43 bits per heavy atom. The van der Waals surface area contributed by atoms with Crippen LogP contribution >= 0.6 is 11.3 Å². The largest absolute Gasteiger partial charge is 0.298 e. The molecule has 3 rings (SSSR count). The van der Waals surface area contributed by atoms with Crippen molar-refractivity contribution in [3.63, 3.8) is 0 Å². The quantitative estimate of drug-likeness (QED) is 0.649. The maximum absolute atomic E-state index is 12.1. The summed E-state index contributed by atoms with van der Waals surface area (Å²) in [7, 11) is 0. The fourth-order valence-electron chi connectivity index (χ4n) is 2.52. The molecule has 0 aliphatic carbocycles. The van der Waals surface area contributed by atoms with Crippen molar-refractivity contribution in [3.05, 3.63) is 21.9 Å². The number of hydrogen-bond acceptors (Lipinski definition) is 3. The van der Waals surface area contributed by atoms with E-state index in [-0.39, 0.29) is 5.92 Å². The number of nitrogens with zero attached hydrogens (tertiary/aromatic N) is 1. The Kier molecular flexibility index (Phi) is 1.96. The van der Waals surface area contributed by atoms with Crippen molar-refractivity contribution in [3.8, 4) is 0 Å². The Balaban J connectivity index is 2.05. The monoisotopic (exact) mass is 207 g/mol. The molecule has 3 heteroatoms. The second-order valence-corrected chi connectivity index (χ2v) is 5.20. The van der Waals surface area contributed by atoms with Gasteiger partial charge in [0.15, 0.2) is 5.78 Å². The molecule has 0 saturated carbocycles. The van der Waals surface area contributed by atoms with Gasteiger partial charge in [-0.15, -0.1) is 11.3 Å². The van der Waals surface area contributed by atoms with Gasteiger partial charge >= 0.3 is 0 Å². The highest BCUT2D eigenvalue weighted by Crippen LogP contribution is 2.30. The average Bonchev–Trinajstić information content (AvgIpc) is 2.62. The molecule has 2 bridgehead atoms. The van der Waals surface area contributed by atoms with Crippen LogP contribution in [0.3, 0.4) is 0 Å². The van der Waals surface area contributed by atoms with Crippen LogP contribution in [-0.2, 0) is 6.54 Å². The molecular weight excluding hydrogens is 194 g/mol. The molecule has 1 aromatic heterocycles. The van der Waals surface area contributed by atoms with E-state index in [4.69, 9.17) is 0 Å². The lowest BCUT2D eigenvalue weighted by molar-refractivity contribution is 0.0838. The van der Waals surface area contributed by atoms with Crippen molar-refractivity contribution in [2.75, 3.05) is 13.1 Å². The molecule has 2 nitrogen and oxygen atoms in total. The molecule has 2 aliphatic rings. The summed E-state index contributed by atoms with van der Waals surface area (Å²) in [5.41, 5.74) is 1.00. The number of thiophene rings is 1. The van der Waals surface area contributed by atoms with E-state index >= 15 is 0 Å². The smallest absolute Gasteiger partial charge is 0.168 e. The van der Waals surface area contributed by atoms with Crippen molar-refractivity contribution in [1.82, 2.24) is 4.90 Å². The summed E-state index contributed by atoms with van der Waals surface area (Å²) in [6.45, 7) is 3.15. The molecule has 1 saturated heterocycles. The van der Waals surface area contributed by atoms with Gasteiger partial charge in [-0.05, 0) is 30.8 Å². The zero-order chi connectivity index (χ0) is 9.54. The lowest BCUT2D eigenvalue weighted by atomic mass is 9.92. The summed E-state index contributed by atoms with van der Waals surface area (Å²) in [5, 5.41) is 2.05. The van der Waals surface area contributed by atoms with Gasteiger partial charge in [-0.3, -0.25) is 9.69 Å². The number of ketones is 1. The van der Waals surface area contributed by atoms with Gasteiger partial charge in [0, 0.05) is 29.4 Å². The van der Waals surface area contributed by atoms with Gasteiger partial charge in [-0.2, -0.15) is 0 Å². The molecule has 74 valence electrons. The molecule has 0 radical (unpaired) electrons. The van der Waals surface area contributed by atoms with E-state index in [1.54, 1.807) is 11.3 Å². The third-order valence-electron chi connectivity index (χ3n) is 3.25. The highest BCUT2D eigenvalue weighted by Gasteiger charge is 2.32. The number of rotatable bonds is 0. The molecule has 2 aliphatic heterocycles. The first-order chi connectivity index (χ1) is 6.84. The molecular formula is C11H13NOS. The SMILES string of the molecule is O=C1c2ccsc2CN2CCCC1C2.